The number of carbonyl (C=O) groups is 1. The molecular weight excluding hydrogens is 497 g/mol. The van der Waals surface area contributed by atoms with Gasteiger partial charge in [0.2, 0.25) is 0 Å². The third-order valence-corrected chi connectivity index (χ3v) is 11.0. The maximum Gasteiger partial charge on any atom is 0.169 e. The molecule has 6 aromatic rings. The Balaban J connectivity index is 1.70. The van der Waals surface area contributed by atoms with Crippen molar-refractivity contribution < 1.29 is 4.79 Å². The fourth-order valence-corrected chi connectivity index (χ4v) is 8.82. The highest BCUT2D eigenvalue weighted by Gasteiger charge is 2.24. The second-order valence-corrected chi connectivity index (χ2v) is 13.9. The Labute approximate surface area is 214 Å². The van der Waals surface area contributed by atoms with E-state index in [1.54, 1.807) is 18.3 Å². The third-order valence-electron chi connectivity index (χ3n) is 6.36. The zero-order chi connectivity index (χ0) is 23.9. The van der Waals surface area contributed by atoms with E-state index < -0.39 is 0 Å². The van der Waals surface area contributed by atoms with Crippen LogP contribution < -0.4 is 0 Å². The quantitative estimate of drug-likeness (QED) is 0.218. The number of hydrogen-bond donors (Lipinski definition) is 0. The van der Waals surface area contributed by atoms with Crippen molar-refractivity contribution in [2.45, 2.75) is 52.9 Å². The van der Waals surface area contributed by atoms with Gasteiger partial charge in [-0.15, -0.1) is 34.0 Å². The zero-order valence-corrected chi connectivity index (χ0v) is 23.2. The van der Waals surface area contributed by atoms with Gasteiger partial charge >= 0.3 is 0 Å². The van der Waals surface area contributed by atoms with Crippen molar-refractivity contribution in [2.75, 3.05) is 0 Å². The van der Waals surface area contributed by atoms with Crippen LogP contribution in [0.1, 0.15) is 67.6 Å². The Morgan fingerprint density at radius 1 is 0.853 bits per heavy atom. The lowest BCUT2D eigenvalue weighted by atomic mass is 9.94. The molecule has 0 unspecified atom stereocenters. The lowest BCUT2D eigenvalue weighted by molar-refractivity contribution is 0.102. The van der Waals surface area contributed by atoms with E-state index >= 15 is 0 Å². The smallest absolute Gasteiger partial charge is 0.169 e. The van der Waals surface area contributed by atoms with E-state index in [-0.39, 0.29) is 11.2 Å². The molecule has 0 spiro atoms. The molecule has 0 fully saturated rings. The van der Waals surface area contributed by atoms with Gasteiger partial charge in [-0.25, -0.2) is 0 Å². The van der Waals surface area contributed by atoms with Gasteiger partial charge in [0, 0.05) is 36.2 Å². The Morgan fingerprint density at radius 3 is 2.26 bits per heavy atom. The second kappa shape index (κ2) is 7.65. The van der Waals surface area contributed by atoms with Crippen LogP contribution in [0.25, 0.3) is 51.7 Å². The van der Waals surface area contributed by atoms with Crippen molar-refractivity contribution in [3.63, 3.8) is 0 Å². The molecule has 0 aliphatic heterocycles. The molecule has 34 heavy (non-hydrogen) atoms. The first-order valence-electron chi connectivity index (χ1n) is 11.3. The molecule has 0 atom stereocenters. The van der Waals surface area contributed by atoms with Gasteiger partial charge in [0.1, 0.15) is 11.0 Å². The van der Waals surface area contributed by atoms with Gasteiger partial charge in [-0.1, -0.05) is 46.8 Å². The summed E-state index contributed by atoms with van der Waals surface area (Å²) in [5.74, 6) is 0.531. The number of carbonyl (C=O) groups excluding carboxylic acids is 1. The molecule has 0 radical (unpaired) electrons. The third kappa shape index (κ3) is 3.28. The van der Waals surface area contributed by atoms with Gasteiger partial charge in [0.05, 0.1) is 26.0 Å². The number of rotatable bonds is 3. The van der Waals surface area contributed by atoms with Crippen LogP contribution in [0.15, 0.2) is 30.3 Å². The van der Waals surface area contributed by atoms with Crippen LogP contribution in [0.2, 0.25) is 0 Å². The van der Waals surface area contributed by atoms with Crippen LogP contribution in [0.5, 0.6) is 0 Å². The highest BCUT2D eigenvalue weighted by molar-refractivity contribution is 7.30. The van der Waals surface area contributed by atoms with Crippen LogP contribution in [-0.2, 0) is 5.41 Å². The first-order chi connectivity index (χ1) is 16.1. The van der Waals surface area contributed by atoms with Gasteiger partial charge in [0.25, 0.3) is 0 Å². The van der Waals surface area contributed by atoms with Crippen LogP contribution >= 0.6 is 45.7 Å². The summed E-state index contributed by atoms with van der Waals surface area (Å²) >= 11 is 6.65. The molecule has 0 N–H and O–H groups in total. The summed E-state index contributed by atoms with van der Waals surface area (Å²) < 4.78 is 13.2. The van der Waals surface area contributed by atoms with E-state index in [9.17, 15) is 4.79 Å². The molecule has 0 aliphatic carbocycles. The van der Waals surface area contributed by atoms with Gasteiger partial charge in [0.15, 0.2) is 5.78 Å². The predicted molar refractivity (Wildman–Crippen MR) is 152 cm³/mol. The first kappa shape index (κ1) is 22.3. The minimum absolute atomic E-state index is 0.0776. The standard InChI is InChI=1S/C27H24N2OS4/c1-12(2)14-7-8-15(23-22(14)28-34-29-23)20-10-17-16-9-19(13(3)30)31-24(16)18-11-21(27(4,5)6)33-26(18)25(17)32-20/h7-12H,1-6H3. The van der Waals surface area contributed by atoms with Crippen molar-refractivity contribution in [3.8, 4) is 10.4 Å². The van der Waals surface area contributed by atoms with Gasteiger partial charge in [-0.05, 0) is 42.0 Å². The van der Waals surface area contributed by atoms with Crippen molar-refractivity contribution in [1.29, 1.82) is 0 Å². The van der Waals surface area contributed by atoms with Crippen LogP contribution in [0, 0.1) is 0 Å². The number of benzene rings is 2. The minimum atomic E-state index is 0.0776. The molecule has 6 rings (SSSR count). The molecule has 3 nitrogen and oxygen atoms in total. The summed E-state index contributed by atoms with van der Waals surface area (Å²) in [5, 5.41) is 3.70. The van der Waals surface area contributed by atoms with Crippen molar-refractivity contribution >= 4 is 92.8 Å². The normalized spacial score (nSPS) is 12.8. The summed E-state index contributed by atoms with van der Waals surface area (Å²) in [4.78, 5) is 15.7. The lowest BCUT2D eigenvalue weighted by Gasteiger charge is -2.14. The fourth-order valence-electron chi connectivity index (χ4n) is 4.51. The monoisotopic (exact) mass is 520 g/mol. The number of aromatic nitrogens is 2. The van der Waals surface area contributed by atoms with Gasteiger partial charge < -0.3 is 0 Å². The van der Waals surface area contributed by atoms with E-state index in [4.69, 9.17) is 4.37 Å². The van der Waals surface area contributed by atoms with Gasteiger partial charge in [-0.3, -0.25) is 4.79 Å². The molecule has 172 valence electrons. The summed E-state index contributed by atoms with van der Waals surface area (Å²) in [7, 11) is 0. The summed E-state index contributed by atoms with van der Waals surface area (Å²) in [6.45, 7) is 12.9. The molecule has 4 aromatic heterocycles. The minimum Gasteiger partial charge on any atom is -0.294 e. The van der Waals surface area contributed by atoms with Crippen LogP contribution in [-0.4, -0.2) is 14.5 Å². The molecule has 0 amide bonds. The maximum absolute atomic E-state index is 12.3. The SMILES string of the molecule is CC(=O)c1cc2c3cc(-c4ccc(C(C)C)c5nsnc45)sc3c3sc(C(C)(C)C)cc3c2s1. The molecular formula is C27H24N2OS4. The molecule has 0 saturated carbocycles. The number of Topliss-reactive ketones (excluding diaryl/α,β-unsaturated/α-hetero) is 1. The van der Waals surface area contributed by atoms with E-state index in [0.717, 1.165) is 21.5 Å². The zero-order valence-electron chi connectivity index (χ0n) is 19.9. The maximum atomic E-state index is 12.3. The summed E-state index contributed by atoms with van der Waals surface area (Å²) in [6.07, 6.45) is 0. The average Bonchev–Trinajstić information content (AvgIpc) is 3.55. The van der Waals surface area contributed by atoms with E-state index in [0.29, 0.717) is 5.92 Å². The topological polar surface area (TPSA) is 42.9 Å². The van der Waals surface area contributed by atoms with Gasteiger partial charge in [-0.2, -0.15) is 8.75 Å². The number of ketones is 1. The Kier molecular flexibility index (Phi) is 5.02. The highest BCUT2D eigenvalue weighted by atomic mass is 32.1. The Bertz CT molecular complexity index is 1750. The lowest BCUT2D eigenvalue weighted by Crippen LogP contribution is -2.07. The van der Waals surface area contributed by atoms with Crippen molar-refractivity contribution in [2.24, 2.45) is 0 Å². The molecule has 2 aromatic carbocycles. The molecule has 0 aliphatic rings. The summed E-state index contributed by atoms with van der Waals surface area (Å²) in [6, 6.07) is 11.2. The van der Waals surface area contributed by atoms with Crippen LogP contribution in [0.3, 0.4) is 0 Å². The van der Waals surface area contributed by atoms with Crippen molar-refractivity contribution in [3.05, 3.63) is 45.6 Å². The summed E-state index contributed by atoms with van der Waals surface area (Å²) in [5.41, 5.74) is 4.48. The number of fused-ring (bicyclic) bond motifs is 7. The van der Waals surface area contributed by atoms with E-state index in [1.165, 1.54) is 57.3 Å². The molecule has 4 heterocycles. The number of thiophene rings is 3. The Hall–Kier alpha value is -2.19. The average molecular weight is 521 g/mol. The van der Waals surface area contributed by atoms with E-state index in [2.05, 4.69) is 69.3 Å². The van der Waals surface area contributed by atoms with Crippen molar-refractivity contribution in [1.82, 2.24) is 8.75 Å². The van der Waals surface area contributed by atoms with E-state index in [1.807, 2.05) is 22.7 Å². The molecule has 0 saturated heterocycles. The highest BCUT2D eigenvalue weighted by Crippen LogP contribution is 2.50. The second-order valence-electron chi connectivity index (χ2n) is 10.2. The fraction of sp³-hybridized carbons (Fsp3) is 0.296. The Morgan fingerprint density at radius 2 is 1.56 bits per heavy atom. The molecule has 7 heteroatoms. The predicted octanol–water partition coefficient (Wildman–Crippen LogP) is 9.63. The first-order valence-corrected chi connectivity index (χ1v) is 14.5. The van der Waals surface area contributed by atoms with Crippen LogP contribution in [0.4, 0.5) is 0 Å². The molecule has 0 bridgehead atoms. The number of hydrogen-bond acceptors (Lipinski definition) is 7. The largest absolute Gasteiger partial charge is 0.294 e. The number of nitrogens with zero attached hydrogens (tertiary/aromatic N) is 2.